The molecule has 4 aromatic rings. The fourth-order valence-corrected chi connectivity index (χ4v) is 5.55. The average molecular weight is 588 g/mol. The summed E-state index contributed by atoms with van der Waals surface area (Å²) < 4.78 is 79.8. The number of halogens is 3. The van der Waals surface area contributed by atoms with Crippen LogP contribution in [0, 0.1) is 0 Å². The zero-order valence-corrected chi connectivity index (χ0v) is 23.3. The Bertz CT molecular complexity index is 1620. The number of alkyl halides is 3. The predicted molar refractivity (Wildman–Crippen MR) is 146 cm³/mol. The Labute approximate surface area is 235 Å². The maximum atomic E-state index is 13.5. The van der Waals surface area contributed by atoms with E-state index in [9.17, 15) is 21.6 Å². The van der Waals surface area contributed by atoms with E-state index in [1.54, 1.807) is 37.6 Å². The molecule has 0 spiro atoms. The van der Waals surface area contributed by atoms with Crippen LogP contribution in [0.15, 0.2) is 71.9 Å². The van der Waals surface area contributed by atoms with Crippen LogP contribution in [0.1, 0.15) is 23.6 Å². The second-order valence-corrected chi connectivity index (χ2v) is 11.8. The summed E-state index contributed by atoms with van der Waals surface area (Å²) in [5.41, 5.74) is 1.48. The topological polar surface area (TPSA) is 98.6 Å². The number of rotatable bonds is 9. The lowest BCUT2D eigenvalue weighted by Crippen LogP contribution is -2.26. The van der Waals surface area contributed by atoms with E-state index >= 15 is 0 Å². The lowest BCUT2D eigenvalue weighted by Gasteiger charge is -2.19. The van der Waals surface area contributed by atoms with E-state index in [0.717, 1.165) is 17.7 Å². The highest BCUT2D eigenvalue weighted by molar-refractivity contribution is 7.89. The molecule has 3 heterocycles. The Balaban J connectivity index is 1.43. The zero-order valence-electron chi connectivity index (χ0n) is 22.5. The molecule has 13 heteroatoms. The second-order valence-electron chi connectivity index (χ2n) is 9.71. The molecule has 1 unspecified atom stereocenters. The number of fused-ring (bicyclic) bond motifs is 1. The summed E-state index contributed by atoms with van der Waals surface area (Å²) in [6.07, 6.45) is -1.46. The van der Waals surface area contributed by atoms with Crippen LogP contribution < -0.4 is 14.8 Å². The summed E-state index contributed by atoms with van der Waals surface area (Å²) in [4.78, 5) is 8.90. The second kappa shape index (κ2) is 11.1. The Kier molecular flexibility index (Phi) is 7.66. The molecular weight excluding hydrogens is 559 g/mol. The normalized spacial score (nSPS) is 15.0. The number of imidazole rings is 1. The number of sulfonamides is 1. The Morgan fingerprint density at radius 1 is 1.12 bits per heavy atom. The molecule has 41 heavy (non-hydrogen) atoms. The van der Waals surface area contributed by atoms with Gasteiger partial charge in [-0.2, -0.15) is 22.5 Å². The van der Waals surface area contributed by atoms with Crippen molar-refractivity contribution in [3.63, 3.8) is 0 Å². The Morgan fingerprint density at radius 3 is 2.44 bits per heavy atom. The monoisotopic (exact) mass is 587 g/mol. The minimum Gasteiger partial charge on any atom is -0.497 e. The van der Waals surface area contributed by atoms with Gasteiger partial charge in [0.1, 0.15) is 22.6 Å². The van der Waals surface area contributed by atoms with Crippen LogP contribution in [0.5, 0.6) is 11.8 Å². The number of ether oxygens (including phenoxy) is 2. The van der Waals surface area contributed by atoms with Gasteiger partial charge in [0.25, 0.3) is 6.01 Å². The minimum atomic E-state index is -4.43. The number of nitrogens with one attached hydrogen (secondary N) is 1. The quantitative estimate of drug-likeness (QED) is 0.288. The molecule has 1 atom stereocenters. The van der Waals surface area contributed by atoms with Crippen LogP contribution in [0.2, 0.25) is 0 Å². The summed E-state index contributed by atoms with van der Waals surface area (Å²) in [7, 11) is -0.912. The van der Waals surface area contributed by atoms with Crippen molar-refractivity contribution in [3.8, 4) is 23.0 Å². The van der Waals surface area contributed by atoms with Crippen LogP contribution in [-0.2, 0) is 35.8 Å². The molecule has 1 aliphatic heterocycles. The van der Waals surface area contributed by atoms with E-state index in [1.165, 1.54) is 35.7 Å². The van der Waals surface area contributed by atoms with Crippen molar-refractivity contribution in [3.05, 3.63) is 83.7 Å². The average Bonchev–Trinajstić information content (AvgIpc) is 3.49. The number of anilines is 1. The minimum absolute atomic E-state index is 0.0361. The first-order chi connectivity index (χ1) is 19.4. The number of nitrogens with zero attached hydrogens (tertiary/aromatic N) is 4. The Hall–Kier alpha value is -4.10. The molecule has 1 aliphatic rings. The highest BCUT2D eigenvalue weighted by Crippen LogP contribution is 2.34. The lowest BCUT2D eigenvalue weighted by atomic mass is 10.1. The van der Waals surface area contributed by atoms with E-state index < -0.39 is 21.8 Å². The number of benzene rings is 2. The SMILES string of the molecule is COc1ccc(CN(C)S(=O)(=O)c2cnc(NCc3ccc(C(F)(F)F)cc3)c(-c3cn4c(n3)OC(C)C4)c2)cc1. The number of hydrogen-bond acceptors (Lipinski definition) is 7. The van der Waals surface area contributed by atoms with Crippen LogP contribution in [0.4, 0.5) is 19.0 Å². The molecule has 2 aromatic carbocycles. The van der Waals surface area contributed by atoms with Crippen molar-refractivity contribution in [1.29, 1.82) is 0 Å². The molecule has 0 amide bonds. The van der Waals surface area contributed by atoms with E-state index in [4.69, 9.17) is 9.47 Å². The van der Waals surface area contributed by atoms with Crippen LogP contribution in [0.3, 0.4) is 0 Å². The van der Waals surface area contributed by atoms with Gasteiger partial charge in [0.15, 0.2) is 0 Å². The molecule has 0 aliphatic carbocycles. The first-order valence-corrected chi connectivity index (χ1v) is 14.1. The first-order valence-electron chi connectivity index (χ1n) is 12.7. The molecule has 1 N–H and O–H groups in total. The standard InChI is InChI=1S/C28H28F3N5O4S/c1-18-15-36-17-25(34-27(36)40-18)24-12-23(41(37,38)35(2)16-20-6-10-22(39-3)11-7-20)14-33-26(24)32-13-19-4-8-21(9-5-19)28(29,30)31/h4-12,14,17-18H,13,15-16H2,1-3H3,(H,32,33). The summed E-state index contributed by atoms with van der Waals surface area (Å²) in [5.74, 6) is 0.990. The van der Waals surface area contributed by atoms with Crippen LogP contribution in [-0.4, -0.2) is 47.5 Å². The number of aromatic nitrogens is 3. The van der Waals surface area contributed by atoms with E-state index in [2.05, 4.69) is 15.3 Å². The van der Waals surface area contributed by atoms with Gasteiger partial charge in [-0.1, -0.05) is 24.3 Å². The molecule has 0 fully saturated rings. The van der Waals surface area contributed by atoms with E-state index in [-0.39, 0.29) is 24.1 Å². The molecule has 216 valence electrons. The molecule has 9 nitrogen and oxygen atoms in total. The number of methoxy groups -OCH3 is 1. The maximum absolute atomic E-state index is 13.5. The smallest absolute Gasteiger partial charge is 0.416 e. The van der Waals surface area contributed by atoms with Crippen molar-refractivity contribution < 1.29 is 31.1 Å². The Morgan fingerprint density at radius 2 is 1.80 bits per heavy atom. The van der Waals surface area contributed by atoms with Crippen molar-refractivity contribution in [2.24, 2.45) is 0 Å². The molecule has 0 saturated carbocycles. The van der Waals surface area contributed by atoms with Crippen molar-refractivity contribution >= 4 is 15.8 Å². The third-order valence-electron chi connectivity index (χ3n) is 6.65. The summed E-state index contributed by atoms with van der Waals surface area (Å²) in [6.45, 7) is 2.79. The van der Waals surface area contributed by atoms with Gasteiger partial charge < -0.3 is 14.8 Å². The van der Waals surface area contributed by atoms with Gasteiger partial charge in [-0.15, -0.1) is 0 Å². The van der Waals surface area contributed by atoms with Crippen molar-refractivity contribution in [1.82, 2.24) is 18.8 Å². The fourth-order valence-electron chi connectivity index (χ4n) is 4.42. The predicted octanol–water partition coefficient (Wildman–Crippen LogP) is 5.19. The van der Waals surface area contributed by atoms with E-state index in [0.29, 0.717) is 40.9 Å². The highest BCUT2D eigenvalue weighted by Gasteiger charge is 2.30. The number of hydrogen-bond donors (Lipinski definition) is 1. The molecule has 0 radical (unpaired) electrons. The first kappa shape index (κ1) is 28.4. The molecule has 2 aromatic heterocycles. The third-order valence-corrected chi connectivity index (χ3v) is 8.42. The van der Waals surface area contributed by atoms with Gasteiger partial charge in [-0.05, 0) is 48.4 Å². The fraction of sp³-hybridized carbons (Fsp3) is 0.286. The van der Waals surface area contributed by atoms with Gasteiger partial charge in [0, 0.05) is 38.1 Å². The summed E-state index contributed by atoms with van der Waals surface area (Å²) >= 11 is 0. The van der Waals surface area contributed by atoms with Crippen molar-refractivity contribution in [2.75, 3.05) is 19.5 Å². The molecule has 5 rings (SSSR count). The van der Waals surface area contributed by atoms with E-state index in [1.807, 2.05) is 11.5 Å². The van der Waals surface area contributed by atoms with Crippen LogP contribution in [0.25, 0.3) is 11.3 Å². The van der Waals surface area contributed by atoms with Gasteiger partial charge in [-0.25, -0.2) is 13.4 Å². The van der Waals surface area contributed by atoms with Crippen molar-refractivity contribution in [2.45, 2.75) is 43.7 Å². The largest absolute Gasteiger partial charge is 0.497 e. The number of pyridine rings is 1. The molecular formula is C28H28F3N5O4S. The molecule has 0 bridgehead atoms. The summed E-state index contributed by atoms with van der Waals surface area (Å²) in [6, 6.07) is 13.8. The highest BCUT2D eigenvalue weighted by atomic mass is 32.2. The third kappa shape index (κ3) is 6.15. The summed E-state index contributed by atoms with van der Waals surface area (Å²) in [5, 5.41) is 3.12. The van der Waals surface area contributed by atoms with Gasteiger partial charge in [0.2, 0.25) is 10.0 Å². The van der Waals surface area contributed by atoms with Gasteiger partial charge >= 0.3 is 6.18 Å². The van der Waals surface area contributed by atoms with Gasteiger partial charge in [-0.3, -0.25) is 4.57 Å². The van der Waals surface area contributed by atoms with Gasteiger partial charge in [0.05, 0.1) is 24.9 Å². The zero-order chi connectivity index (χ0) is 29.4. The maximum Gasteiger partial charge on any atom is 0.416 e. The van der Waals surface area contributed by atoms with Crippen LogP contribution >= 0.6 is 0 Å². The molecule has 0 saturated heterocycles. The lowest BCUT2D eigenvalue weighted by molar-refractivity contribution is -0.137.